The molecule has 5 rings (SSSR count). The SMILES string of the molecule is CO[C@](C(=O)O[C@@H]1Cc2cccc([125I])c2C[C@H]1N1CCC(c2ccccc2)CC1)(c1ccccc1)C(F)(F)F. The molecule has 3 atom stereocenters. The van der Waals surface area contributed by atoms with Crippen LogP contribution in [0, 0.1) is 3.57 Å². The molecule has 0 radical (unpaired) electrons. The Morgan fingerprint density at radius 3 is 2.15 bits per heavy atom. The molecular weight excluding hydrogens is 616 g/mol. The highest BCUT2D eigenvalue weighted by molar-refractivity contribution is 14.1. The largest absolute Gasteiger partial charge is 0.458 e. The van der Waals surface area contributed by atoms with Gasteiger partial charge in [-0.15, -0.1) is 0 Å². The number of benzene rings is 3. The van der Waals surface area contributed by atoms with Gasteiger partial charge in [0, 0.05) is 22.7 Å². The summed E-state index contributed by atoms with van der Waals surface area (Å²) in [5, 5.41) is 0. The molecule has 3 aromatic carbocycles. The van der Waals surface area contributed by atoms with Crippen molar-refractivity contribution in [2.24, 2.45) is 0 Å². The van der Waals surface area contributed by atoms with Crippen LogP contribution in [0.4, 0.5) is 13.2 Å². The van der Waals surface area contributed by atoms with Crippen LogP contribution in [0.3, 0.4) is 0 Å². The maximum atomic E-state index is 14.6. The topological polar surface area (TPSA) is 38.8 Å². The lowest BCUT2D eigenvalue weighted by molar-refractivity contribution is -0.279. The molecular formula is C31H31F3INO3. The highest BCUT2D eigenvalue weighted by Gasteiger charge is 2.64. The standard InChI is InChI=1S/C31H31F3INO3/c1-38-30(31(32,33)34,24-12-6-3-7-13-24)29(37)39-28-19-23-11-8-14-26(35)25(23)20-27(28)36-17-15-22(16-18-36)21-9-4-2-5-10-21/h2-14,22,27-28H,15-20H2,1H3/t27-,28-,30+/m1/s1/i35-2. The second-order valence-electron chi connectivity index (χ2n) is 10.3. The molecule has 2 aliphatic rings. The van der Waals surface area contributed by atoms with Gasteiger partial charge in [0.05, 0.1) is 6.04 Å². The fourth-order valence-corrected chi connectivity index (χ4v) is 6.87. The van der Waals surface area contributed by atoms with Crippen molar-refractivity contribution < 1.29 is 27.4 Å². The lowest BCUT2D eigenvalue weighted by atomic mass is 9.82. The number of piperidine rings is 1. The quantitative estimate of drug-likeness (QED) is 0.222. The Bertz CT molecular complexity index is 1280. The zero-order valence-electron chi connectivity index (χ0n) is 21.7. The van der Waals surface area contributed by atoms with E-state index in [1.54, 1.807) is 6.07 Å². The molecule has 0 aromatic heterocycles. The molecule has 0 N–H and O–H groups in total. The Kier molecular flexibility index (Phi) is 8.35. The third-order valence-corrected chi connectivity index (χ3v) is 9.19. The monoisotopic (exact) mass is 647 g/mol. The fraction of sp³-hybridized carbons (Fsp3) is 0.387. The molecule has 1 fully saturated rings. The fourth-order valence-electron chi connectivity index (χ4n) is 6.10. The third kappa shape index (κ3) is 5.47. The predicted molar refractivity (Wildman–Crippen MR) is 151 cm³/mol. The first-order chi connectivity index (χ1) is 18.7. The van der Waals surface area contributed by atoms with Crippen molar-refractivity contribution in [2.45, 2.75) is 55.5 Å². The van der Waals surface area contributed by atoms with E-state index in [2.05, 4.69) is 39.6 Å². The number of esters is 1. The number of alkyl halides is 3. The van der Waals surface area contributed by atoms with Gasteiger partial charge in [0.1, 0.15) is 6.10 Å². The minimum Gasteiger partial charge on any atom is -0.458 e. The molecule has 0 saturated carbocycles. The number of ether oxygens (including phenoxy) is 2. The summed E-state index contributed by atoms with van der Waals surface area (Å²) in [5.74, 6) is -0.990. The van der Waals surface area contributed by atoms with E-state index in [4.69, 9.17) is 9.47 Å². The minimum atomic E-state index is -5.01. The Labute approximate surface area is 240 Å². The van der Waals surface area contributed by atoms with Crippen LogP contribution >= 0.6 is 22.6 Å². The molecule has 1 heterocycles. The Hall–Kier alpha value is -2.43. The van der Waals surface area contributed by atoms with E-state index in [-0.39, 0.29) is 11.6 Å². The van der Waals surface area contributed by atoms with Crippen molar-refractivity contribution in [1.82, 2.24) is 4.90 Å². The minimum absolute atomic E-state index is 0.229. The van der Waals surface area contributed by atoms with Crippen molar-refractivity contribution in [3.8, 4) is 0 Å². The van der Waals surface area contributed by atoms with Crippen LogP contribution in [0.25, 0.3) is 0 Å². The molecule has 3 aromatic rings. The predicted octanol–water partition coefficient (Wildman–Crippen LogP) is 6.65. The molecule has 206 valence electrons. The Morgan fingerprint density at radius 1 is 0.897 bits per heavy atom. The van der Waals surface area contributed by atoms with Crippen LogP contribution in [0.1, 0.15) is 41.0 Å². The van der Waals surface area contributed by atoms with Gasteiger partial charge in [-0.25, -0.2) is 4.79 Å². The average molecular weight is 647 g/mol. The van der Waals surface area contributed by atoms with Crippen LogP contribution in [-0.2, 0) is 32.7 Å². The molecule has 39 heavy (non-hydrogen) atoms. The highest BCUT2D eigenvalue weighted by Crippen LogP contribution is 2.44. The Morgan fingerprint density at radius 2 is 1.54 bits per heavy atom. The van der Waals surface area contributed by atoms with Crippen molar-refractivity contribution in [3.05, 3.63) is 105 Å². The highest BCUT2D eigenvalue weighted by atomic mass is 125. The molecule has 1 aliphatic carbocycles. The van der Waals surface area contributed by atoms with Crippen LogP contribution in [0.2, 0.25) is 0 Å². The third-order valence-electron chi connectivity index (χ3n) is 8.18. The number of fused-ring (bicyclic) bond motifs is 1. The number of rotatable bonds is 6. The van der Waals surface area contributed by atoms with Gasteiger partial charge in [0.2, 0.25) is 0 Å². The normalized spacial score (nSPS) is 22.1. The number of halogens is 4. The van der Waals surface area contributed by atoms with E-state index < -0.39 is 23.9 Å². The van der Waals surface area contributed by atoms with E-state index in [1.165, 1.54) is 35.4 Å². The molecule has 0 spiro atoms. The van der Waals surface area contributed by atoms with Crippen molar-refractivity contribution in [2.75, 3.05) is 20.2 Å². The van der Waals surface area contributed by atoms with E-state index >= 15 is 0 Å². The van der Waals surface area contributed by atoms with Gasteiger partial charge in [0.25, 0.3) is 5.60 Å². The van der Waals surface area contributed by atoms with Gasteiger partial charge in [0.15, 0.2) is 0 Å². The van der Waals surface area contributed by atoms with Gasteiger partial charge >= 0.3 is 12.1 Å². The van der Waals surface area contributed by atoms with Gasteiger partial charge in [-0.1, -0.05) is 72.8 Å². The van der Waals surface area contributed by atoms with Crippen LogP contribution in [0.5, 0.6) is 0 Å². The first-order valence-corrected chi connectivity index (χ1v) is 14.3. The van der Waals surface area contributed by atoms with Crippen molar-refractivity contribution in [1.29, 1.82) is 0 Å². The smallest absolute Gasteiger partial charge is 0.432 e. The van der Waals surface area contributed by atoms with E-state index in [1.807, 2.05) is 36.4 Å². The molecule has 0 amide bonds. The average Bonchev–Trinajstić information content (AvgIpc) is 2.94. The van der Waals surface area contributed by atoms with Gasteiger partial charge in [-0.05, 0) is 83.6 Å². The van der Waals surface area contributed by atoms with E-state index in [9.17, 15) is 18.0 Å². The van der Waals surface area contributed by atoms with Crippen molar-refractivity contribution >= 4 is 28.6 Å². The zero-order chi connectivity index (χ0) is 27.6. The van der Waals surface area contributed by atoms with Crippen LogP contribution < -0.4 is 0 Å². The zero-order valence-corrected chi connectivity index (χ0v) is 23.8. The van der Waals surface area contributed by atoms with E-state index in [0.29, 0.717) is 18.8 Å². The second-order valence-corrected chi connectivity index (χ2v) is 11.4. The summed E-state index contributed by atoms with van der Waals surface area (Å²) in [6.07, 6.45) is -2.90. The lowest BCUT2D eigenvalue weighted by Crippen LogP contribution is -2.57. The number of likely N-dealkylation sites (tertiary alicyclic amines) is 1. The lowest BCUT2D eigenvalue weighted by Gasteiger charge is -2.44. The first kappa shape index (κ1) is 28.1. The summed E-state index contributed by atoms with van der Waals surface area (Å²) in [6.45, 7) is 1.56. The summed E-state index contributed by atoms with van der Waals surface area (Å²) in [7, 11) is 0.909. The van der Waals surface area contributed by atoms with Gasteiger partial charge in [-0.2, -0.15) is 13.2 Å². The molecule has 4 nitrogen and oxygen atoms in total. The van der Waals surface area contributed by atoms with Crippen LogP contribution in [-0.4, -0.2) is 49.4 Å². The molecule has 1 aliphatic heterocycles. The Balaban J connectivity index is 1.44. The maximum absolute atomic E-state index is 14.6. The summed E-state index contributed by atoms with van der Waals surface area (Å²) in [5.41, 5.74) is -0.00952. The second kappa shape index (κ2) is 11.6. The summed E-state index contributed by atoms with van der Waals surface area (Å²) in [6, 6.07) is 23.1. The van der Waals surface area contributed by atoms with Gasteiger partial charge in [-0.3, -0.25) is 4.90 Å². The first-order valence-electron chi connectivity index (χ1n) is 13.2. The number of carbonyl (C=O) groups excluding carboxylic acids is 1. The van der Waals surface area contributed by atoms with E-state index in [0.717, 1.165) is 42.2 Å². The number of hydrogen-bond acceptors (Lipinski definition) is 4. The number of carbonyl (C=O) groups is 1. The van der Waals surface area contributed by atoms with Crippen LogP contribution in [0.15, 0.2) is 78.9 Å². The number of hydrogen-bond donors (Lipinski definition) is 0. The molecule has 0 bridgehead atoms. The van der Waals surface area contributed by atoms with Crippen molar-refractivity contribution in [3.63, 3.8) is 0 Å². The molecule has 8 heteroatoms. The molecule has 0 unspecified atom stereocenters. The number of nitrogens with zero attached hydrogens (tertiary/aromatic N) is 1. The van der Waals surface area contributed by atoms with Gasteiger partial charge < -0.3 is 9.47 Å². The maximum Gasteiger partial charge on any atom is 0.432 e. The summed E-state index contributed by atoms with van der Waals surface area (Å²) < 4.78 is 55.7. The number of methoxy groups -OCH3 is 1. The summed E-state index contributed by atoms with van der Waals surface area (Å²) >= 11 is 2.31. The molecule has 1 saturated heterocycles. The summed E-state index contributed by atoms with van der Waals surface area (Å²) in [4.78, 5) is 15.9.